The molecule has 2 amide bonds. The molecule has 0 spiro atoms. The summed E-state index contributed by atoms with van der Waals surface area (Å²) in [5.41, 5.74) is 6.75. The normalized spacial score (nSPS) is 31.4. The van der Waals surface area contributed by atoms with Gasteiger partial charge in [0.25, 0.3) is 5.91 Å². The van der Waals surface area contributed by atoms with Gasteiger partial charge in [-0.25, -0.2) is 0 Å². The molecule has 1 saturated carbocycles. The Kier molecular flexibility index (Phi) is 4.00. The quantitative estimate of drug-likeness (QED) is 0.845. The van der Waals surface area contributed by atoms with Crippen molar-refractivity contribution >= 4 is 11.8 Å². The monoisotopic (exact) mass is 371 g/mol. The zero-order valence-corrected chi connectivity index (χ0v) is 15.3. The zero-order chi connectivity index (χ0) is 18.5. The van der Waals surface area contributed by atoms with Gasteiger partial charge in [-0.1, -0.05) is 0 Å². The maximum atomic E-state index is 13.2. The lowest BCUT2D eigenvalue weighted by atomic mass is 9.98. The molecule has 144 valence electrons. The Morgan fingerprint density at radius 3 is 2.78 bits per heavy atom. The summed E-state index contributed by atoms with van der Waals surface area (Å²) >= 11 is 0. The summed E-state index contributed by atoms with van der Waals surface area (Å²) in [6.07, 6.45) is 3.76. The number of fused-ring (bicyclic) bond motifs is 2. The van der Waals surface area contributed by atoms with Gasteiger partial charge in [0.15, 0.2) is 11.5 Å². The molecule has 3 fully saturated rings. The van der Waals surface area contributed by atoms with Gasteiger partial charge in [-0.05, 0) is 55.7 Å². The number of rotatable bonds is 2. The van der Waals surface area contributed by atoms with E-state index in [4.69, 9.17) is 15.2 Å². The minimum absolute atomic E-state index is 0.0863. The molecule has 2 saturated heterocycles. The average Bonchev–Trinajstić information content (AvgIpc) is 3.45. The smallest absolute Gasteiger partial charge is 0.254 e. The third kappa shape index (κ3) is 2.76. The van der Waals surface area contributed by atoms with Crippen LogP contribution in [0.25, 0.3) is 0 Å². The minimum Gasteiger partial charge on any atom is -0.454 e. The first-order valence-corrected chi connectivity index (χ1v) is 9.87. The second-order valence-electron chi connectivity index (χ2n) is 8.13. The van der Waals surface area contributed by atoms with Crippen molar-refractivity contribution in [2.75, 3.05) is 26.4 Å². The van der Waals surface area contributed by atoms with Crippen LogP contribution in [-0.2, 0) is 4.79 Å². The van der Waals surface area contributed by atoms with E-state index >= 15 is 0 Å². The van der Waals surface area contributed by atoms with E-state index in [1.165, 1.54) is 0 Å². The van der Waals surface area contributed by atoms with Crippen LogP contribution in [0.1, 0.15) is 36.0 Å². The van der Waals surface area contributed by atoms with Gasteiger partial charge in [0.2, 0.25) is 12.7 Å². The van der Waals surface area contributed by atoms with Gasteiger partial charge >= 0.3 is 0 Å². The van der Waals surface area contributed by atoms with Crippen LogP contribution in [0, 0.1) is 11.8 Å². The van der Waals surface area contributed by atoms with E-state index in [2.05, 4.69) is 0 Å². The predicted molar refractivity (Wildman–Crippen MR) is 97.4 cm³/mol. The van der Waals surface area contributed by atoms with E-state index in [0.717, 1.165) is 38.8 Å². The van der Waals surface area contributed by atoms with Crippen LogP contribution in [0.15, 0.2) is 18.2 Å². The molecule has 3 heterocycles. The Morgan fingerprint density at radius 1 is 1.07 bits per heavy atom. The number of hydrogen-bond donors (Lipinski definition) is 1. The highest BCUT2D eigenvalue weighted by Crippen LogP contribution is 2.38. The SMILES string of the molecule is NC1CCC2CN(C(=O)C3CCCN3C(=O)c3ccc4c(c3)OCO4)CC12. The van der Waals surface area contributed by atoms with Crippen molar-refractivity contribution in [2.45, 2.75) is 37.8 Å². The van der Waals surface area contributed by atoms with Crippen molar-refractivity contribution in [3.8, 4) is 11.5 Å². The Morgan fingerprint density at radius 2 is 1.93 bits per heavy atom. The van der Waals surface area contributed by atoms with Crippen molar-refractivity contribution < 1.29 is 19.1 Å². The highest BCUT2D eigenvalue weighted by atomic mass is 16.7. The van der Waals surface area contributed by atoms with Crippen molar-refractivity contribution in [1.82, 2.24) is 9.80 Å². The molecule has 0 radical (unpaired) electrons. The summed E-state index contributed by atoms with van der Waals surface area (Å²) in [6, 6.07) is 5.06. The Bertz CT molecular complexity index is 782. The van der Waals surface area contributed by atoms with Gasteiger partial charge in [0, 0.05) is 31.2 Å². The number of likely N-dealkylation sites (tertiary alicyclic amines) is 2. The lowest BCUT2D eigenvalue weighted by Crippen LogP contribution is -2.47. The summed E-state index contributed by atoms with van der Waals surface area (Å²) in [5, 5.41) is 0. The maximum Gasteiger partial charge on any atom is 0.254 e. The topological polar surface area (TPSA) is 85.1 Å². The number of hydrogen-bond acceptors (Lipinski definition) is 5. The Hall–Kier alpha value is -2.28. The summed E-state index contributed by atoms with van der Waals surface area (Å²) in [6.45, 7) is 2.33. The second kappa shape index (κ2) is 6.41. The third-order valence-corrected chi connectivity index (χ3v) is 6.64. The van der Waals surface area contributed by atoms with Crippen LogP contribution >= 0.6 is 0 Å². The fourth-order valence-electron chi connectivity index (χ4n) is 5.16. The molecular formula is C20H25N3O4. The first-order valence-electron chi connectivity index (χ1n) is 9.87. The van der Waals surface area contributed by atoms with Gasteiger partial charge in [-0.2, -0.15) is 0 Å². The van der Waals surface area contributed by atoms with Crippen molar-refractivity contribution in [3.63, 3.8) is 0 Å². The van der Waals surface area contributed by atoms with E-state index in [1.807, 2.05) is 4.90 Å². The summed E-state index contributed by atoms with van der Waals surface area (Å²) < 4.78 is 10.7. The maximum absolute atomic E-state index is 13.2. The molecule has 7 nitrogen and oxygen atoms in total. The molecule has 1 aliphatic carbocycles. The van der Waals surface area contributed by atoms with Gasteiger partial charge in [-0.3, -0.25) is 9.59 Å². The number of nitrogens with two attached hydrogens (primary N) is 1. The summed E-state index contributed by atoms with van der Waals surface area (Å²) in [5.74, 6) is 2.17. The summed E-state index contributed by atoms with van der Waals surface area (Å²) in [4.78, 5) is 29.9. The van der Waals surface area contributed by atoms with Crippen LogP contribution in [0.4, 0.5) is 0 Å². The number of benzene rings is 1. The fourth-order valence-corrected chi connectivity index (χ4v) is 5.16. The molecule has 7 heteroatoms. The largest absolute Gasteiger partial charge is 0.454 e. The number of amides is 2. The number of nitrogens with zero attached hydrogens (tertiary/aromatic N) is 2. The van der Waals surface area contributed by atoms with Crippen molar-refractivity contribution in [1.29, 1.82) is 0 Å². The van der Waals surface area contributed by atoms with E-state index in [0.29, 0.717) is 35.4 Å². The molecule has 4 unspecified atom stereocenters. The van der Waals surface area contributed by atoms with Crippen molar-refractivity contribution in [3.05, 3.63) is 23.8 Å². The highest BCUT2D eigenvalue weighted by molar-refractivity contribution is 5.98. The van der Waals surface area contributed by atoms with Gasteiger partial charge in [0.05, 0.1) is 0 Å². The molecule has 1 aromatic rings. The highest BCUT2D eigenvalue weighted by Gasteiger charge is 2.45. The molecule has 5 rings (SSSR count). The van der Waals surface area contributed by atoms with Crippen LogP contribution in [0.5, 0.6) is 11.5 Å². The van der Waals surface area contributed by atoms with Crippen LogP contribution in [-0.4, -0.2) is 60.1 Å². The molecule has 0 aromatic heterocycles. The molecule has 4 atom stereocenters. The molecular weight excluding hydrogens is 346 g/mol. The third-order valence-electron chi connectivity index (χ3n) is 6.64. The lowest BCUT2D eigenvalue weighted by molar-refractivity contribution is -0.134. The molecule has 1 aromatic carbocycles. The molecule has 2 N–H and O–H groups in total. The number of carbonyl (C=O) groups excluding carboxylic acids is 2. The lowest BCUT2D eigenvalue weighted by Gasteiger charge is -2.28. The second-order valence-corrected chi connectivity index (χ2v) is 8.13. The standard InChI is InChI=1S/C20H25N3O4/c21-15-5-3-13-9-22(10-14(13)15)20(25)16-2-1-7-23(16)19(24)12-4-6-17-18(8-12)27-11-26-17/h4,6,8,13-16H,1-3,5,7,9-11,21H2. The summed E-state index contributed by atoms with van der Waals surface area (Å²) in [7, 11) is 0. The van der Waals surface area contributed by atoms with Crippen LogP contribution < -0.4 is 15.2 Å². The first-order chi connectivity index (χ1) is 13.1. The predicted octanol–water partition coefficient (Wildman–Crippen LogP) is 1.22. The number of ether oxygens (including phenoxy) is 2. The minimum atomic E-state index is -0.363. The van der Waals surface area contributed by atoms with Crippen LogP contribution in [0.2, 0.25) is 0 Å². The van der Waals surface area contributed by atoms with Gasteiger partial charge < -0.3 is 25.0 Å². The van der Waals surface area contributed by atoms with E-state index in [1.54, 1.807) is 23.1 Å². The fraction of sp³-hybridized carbons (Fsp3) is 0.600. The first kappa shape index (κ1) is 16.9. The molecule has 3 aliphatic heterocycles. The average molecular weight is 371 g/mol. The Labute approximate surface area is 158 Å². The van der Waals surface area contributed by atoms with Crippen LogP contribution in [0.3, 0.4) is 0 Å². The van der Waals surface area contributed by atoms with E-state index in [-0.39, 0.29) is 30.7 Å². The number of carbonyl (C=O) groups is 2. The zero-order valence-electron chi connectivity index (χ0n) is 15.3. The molecule has 27 heavy (non-hydrogen) atoms. The van der Waals surface area contributed by atoms with Crippen molar-refractivity contribution in [2.24, 2.45) is 17.6 Å². The van der Waals surface area contributed by atoms with E-state index in [9.17, 15) is 9.59 Å². The molecule has 4 aliphatic rings. The van der Waals surface area contributed by atoms with Gasteiger partial charge in [-0.15, -0.1) is 0 Å². The van der Waals surface area contributed by atoms with E-state index < -0.39 is 0 Å². The molecule has 0 bridgehead atoms. The van der Waals surface area contributed by atoms with Gasteiger partial charge in [0.1, 0.15) is 6.04 Å². The Balaban J connectivity index is 1.31.